The van der Waals surface area contributed by atoms with Crippen molar-refractivity contribution in [2.45, 2.75) is 70.7 Å². The third-order valence-corrected chi connectivity index (χ3v) is 6.87. The zero-order valence-electron chi connectivity index (χ0n) is 20.7. The van der Waals surface area contributed by atoms with E-state index in [0.29, 0.717) is 32.2 Å². The molecule has 7 nitrogen and oxygen atoms in total. The van der Waals surface area contributed by atoms with E-state index in [1.54, 1.807) is 6.92 Å². The molecular formula is C27H35BrN2O5. The van der Waals surface area contributed by atoms with Crippen LogP contribution < -0.4 is 5.32 Å². The van der Waals surface area contributed by atoms with Gasteiger partial charge in [-0.15, -0.1) is 0 Å². The molecule has 35 heavy (non-hydrogen) atoms. The van der Waals surface area contributed by atoms with E-state index in [0.717, 1.165) is 16.5 Å². The Morgan fingerprint density at radius 2 is 1.51 bits per heavy atom. The van der Waals surface area contributed by atoms with Gasteiger partial charge >= 0.3 is 0 Å². The first-order valence-electron chi connectivity index (χ1n) is 12.1. The van der Waals surface area contributed by atoms with Crippen molar-refractivity contribution in [3.8, 4) is 0 Å². The summed E-state index contributed by atoms with van der Waals surface area (Å²) in [5.41, 5.74) is 2.02. The Kier molecular flexibility index (Phi) is 11.5. The summed E-state index contributed by atoms with van der Waals surface area (Å²) >= 11 is 3.40. The summed E-state index contributed by atoms with van der Waals surface area (Å²) in [6.45, 7) is 5.82. The maximum absolute atomic E-state index is 12.9. The minimum absolute atomic E-state index is 0.000275. The molecule has 1 aliphatic rings. The molecule has 0 aromatic heterocycles. The van der Waals surface area contributed by atoms with Crippen molar-refractivity contribution in [1.82, 2.24) is 10.2 Å². The third-order valence-electron chi connectivity index (χ3n) is 6.22. The number of nitrogens with one attached hydrogen (secondary N) is 1. The molecule has 0 radical (unpaired) electrons. The molecule has 3 amide bonds. The van der Waals surface area contributed by atoms with Crippen molar-refractivity contribution in [3.63, 3.8) is 0 Å². The van der Waals surface area contributed by atoms with E-state index in [-0.39, 0.29) is 48.0 Å². The van der Waals surface area contributed by atoms with E-state index in [9.17, 15) is 24.0 Å². The smallest absolute Gasteiger partial charge is 0.253 e. The monoisotopic (exact) mass is 546 g/mol. The molecule has 0 saturated heterocycles. The standard InChI is InChI=1S/C27H35BrN2O5/c1-18(2)23(16-22(31)7-5-4-6-14-30-25(33)12-13-26(30)34)27(35)29-19(3)24(32)15-20-8-10-21(17-28)11-9-20/h8-13,18-19,23H,4-7,14-17H2,1-3H3,(H,29,35)/t19-,23-/m0/s1. The zero-order chi connectivity index (χ0) is 26.0. The Morgan fingerprint density at radius 3 is 2.09 bits per heavy atom. The molecule has 1 heterocycles. The van der Waals surface area contributed by atoms with Crippen LogP contribution in [0.15, 0.2) is 36.4 Å². The number of rotatable bonds is 15. The molecule has 1 aromatic carbocycles. The SMILES string of the molecule is CC(C)[C@H](CC(=O)CCCCCN1C(=O)C=CC1=O)C(=O)N[C@@H](C)C(=O)Cc1ccc(CBr)cc1. The fourth-order valence-corrected chi connectivity index (χ4v) is 4.27. The number of benzene rings is 1. The predicted molar refractivity (Wildman–Crippen MR) is 138 cm³/mol. The van der Waals surface area contributed by atoms with Gasteiger partial charge in [0.1, 0.15) is 5.78 Å². The lowest BCUT2D eigenvalue weighted by atomic mass is 9.88. The number of halogens is 1. The fourth-order valence-electron chi connectivity index (χ4n) is 3.90. The maximum atomic E-state index is 12.9. The van der Waals surface area contributed by atoms with Crippen LogP contribution in [0.4, 0.5) is 0 Å². The summed E-state index contributed by atoms with van der Waals surface area (Å²) in [7, 11) is 0. The molecule has 0 aliphatic carbocycles. The lowest BCUT2D eigenvalue weighted by Crippen LogP contribution is -2.44. The van der Waals surface area contributed by atoms with Crippen LogP contribution in [0.3, 0.4) is 0 Å². The molecule has 0 unspecified atom stereocenters. The second-order valence-corrected chi connectivity index (χ2v) is 9.95. The van der Waals surface area contributed by atoms with Crippen LogP contribution >= 0.6 is 15.9 Å². The number of amides is 3. The first-order valence-corrected chi connectivity index (χ1v) is 13.3. The number of unbranched alkanes of at least 4 members (excludes halogenated alkanes) is 2. The highest BCUT2D eigenvalue weighted by Gasteiger charge is 2.27. The second kappa shape index (κ2) is 14.1. The highest BCUT2D eigenvalue weighted by molar-refractivity contribution is 9.08. The van der Waals surface area contributed by atoms with Gasteiger partial charge in [0.25, 0.3) is 11.8 Å². The molecule has 1 N–H and O–H groups in total. The van der Waals surface area contributed by atoms with Crippen LogP contribution in [0.2, 0.25) is 0 Å². The fraction of sp³-hybridized carbons (Fsp3) is 0.519. The number of carbonyl (C=O) groups excluding carboxylic acids is 5. The maximum Gasteiger partial charge on any atom is 0.253 e. The van der Waals surface area contributed by atoms with Gasteiger partial charge in [-0.25, -0.2) is 0 Å². The summed E-state index contributed by atoms with van der Waals surface area (Å²) in [5.74, 6) is -1.49. The predicted octanol–water partition coefficient (Wildman–Crippen LogP) is 3.91. The number of ketones is 2. The van der Waals surface area contributed by atoms with Crippen molar-refractivity contribution in [2.75, 3.05) is 6.54 Å². The molecule has 1 aliphatic heterocycles. The van der Waals surface area contributed by atoms with Gasteiger partial charge in [0.05, 0.1) is 6.04 Å². The topological polar surface area (TPSA) is 101 Å². The Labute approximate surface area is 215 Å². The minimum atomic E-state index is -0.639. The van der Waals surface area contributed by atoms with Crippen LogP contribution in [0.1, 0.15) is 64.0 Å². The number of carbonyl (C=O) groups is 5. The highest BCUT2D eigenvalue weighted by atomic mass is 79.9. The molecule has 190 valence electrons. The average molecular weight is 547 g/mol. The number of imide groups is 1. The molecule has 0 fully saturated rings. The Bertz CT molecular complexity index is 937. The number of hydrogen-bond donors (Lipinski definition) is 1. The van der Waals surface area contributed by atoms with Gasteiger partial charge in [-0.05, 0) is 36.8 Å². The molecule has 0 spiro atoms. The summed E-state index contributed by atoms with van der Waals surface area (Å²) < 4.78 is 0. The number of nitrogens with zero attached hydrogens (tertiary/aromatic N) is 1. The highest BCUT2D eigenvalue weighted by Crippen LogP contribution is 2.19. The zero-order valence-corrected chi connectivity index (χ0v) is 22.3. The molecular weight excluding hydrogens is 512 g/mol. The van der Waals surface area contributed by atoms with Crippen molar-refractivity contribution in [3.05, 3.63) is 47.5 Å². The van der Waals surface area contributed by atoms with Gasteiger partial charge in [-0.3, -0.25) is 28.9 Å². The van der Waals surface area contributed by atoms with Crippen LogP contribution in [0.25, 0.3) is 0 Å². The van der Waals surface area contributed by atoms with E-state index >= 15 is 0 Å². The summed E-state index contributed by atoms with van der Waals surface area (Å²) in [6, 6.07) is 7.11. The van der Waals surface area contributed by atoms with Crippen molar-refractivity contribution < 1.29 is 24.0 Å². The second-order valence-electron chi connectivity index (χ2n) is 9.39. The quantitative estimate of drug-likeness (QED) is 0.204. The molecule has 2 atom stereocenters. The molecule has 8 heteroatoms. The van der Waals surface area contributed by atoms with Gasteiger partial charge in [-0.1, -0.05) is 60.5 Å². The van der Waals surface area contributed by atoms with Crippen molar-refractivity contribution in [2.24, 2.45) is 11.8 Å². The summed E-state index contributed by atoms with van der Waals surface area (Å²) in [5, 5.41) is 3.55. The van der Waals surface area contributed by atoms with Crippen LogP contribution in [0.5, 0.6) is 0 Å². The van der Waals surface area contributed by atoms with E-state index in [1.807, 2.05) is 38.1 Å². The van der Waals surface area contributed by atoms with Gasteiger partial charge in [0.2, 0.25) is 5.91 Å². The Balaban J connectivity index is 1.75. The van der Waals surface area contributed by atoms with Crippen LogP contribution in [-0.2, 0) is 35.7 Å². The number of Topliss-reactive ketones (excluding diaryl/α,β-unsaturated/α-hetero) is 2. The van der Waals surface area contributed by atoms with Crippen molar-refractivity contribution >= 4 is 45.2 Å². The minimum Gasteiger partial charge on any atom is -0.346 e. The largest absolute Gasteiger partial charge is 0.346 e. The Hall–Kier alpha value is -2.61. The van der Waals surface area contributed by atoms with Crippen LogP contribution in [-0.4, -0.2) is 46.8 Å². The number of hydrogen-bond acceptors (Lipinski definition) is 5. The van der Waals surface area contributed by atoms with E-state index in [4.69, 9.17) is 0 Å². The lowest BCUT2D eigenvalue weighted by Gasteiger charge is -2.22. The van der Waals surface area contributed by atoms with Crippen molar-refractivity contribution in [1.29, 1.82) is 0 Å². The third kappa shape index (κ3) is 9.17. The summed E-state index contributed by atoms with van der Waals surface area (Å²) in [4.78, 5) is 62.3. The average Bonchev–Trinajstić information content (AvgIpc) is 3.14. The molecule has 1 aromatic rings. The first-order chi connectivity index (χ1) is 16.6. The van der Waals surface area contributed by atoms with E-state index in [1.165, 1.54) is 17.1 Å². The molecule has 2 rings (SSSR count). The van der Waals surface area contributed by atoms with Gasteiger partial charge in [0.15, 0.2) is 5.78 Å². The van der Waals surface area contributed by atoms with Gasteiger partial charge in [-0.2, -0.15) is 0 Å². The van der Waals surface area contributed by atoms with Gasteiger partial charge < -0.3 is 5.32 Å². The Morgan fingerprint density at radius 1 is 0.914 bits per heavy atom. The van der Waals surface area contributed by atoms with E-state index < -0.39 is 12.0 Å². The first kappa shape index (κ1) is 28.6. The van der Waals surface area contributed by atoms with E-state index in [2.05, 4.69) is 21.2 Å². The lowest BCUT2D eigenvalue weighted by molar-refractivity contribution is -0.137. The van der Waals surface area contributed by atoms with Crippen LogP contribution in [0, 0.1) is 11.8 Å². The summed E-state index contributed by atoms with van der Waals surface area (Å²) in [6.07, 6.45) is 5.22. The molecule has 0 bridgehead atoms. The number of alkyl halides is 1. The normalized spacial score (nSPS) is 14.9. The van der Waals surface area contributed by atoms with Gasteiger partial charge in [0, 0.05) is 49.2 Å². The molecule has 0 saturated carbocycles.